The van der Waals surface area contributed by atoms with Crippen molar-refractivity contribution in [3.8, 4) is 17.2 Å². The van der Waals surface area contributed by atoms with Gasteiger partial charge in [0.1, 0.15) is 0 Å². The van der Waals surface area contributed by atoms with E-state index in [1.54, 1.807) is 6.08 Å². The molecule has 5 heteroatoms. The zero-order valence-electron chi connectivity index (χ0n) is 41.7. The molecule has 0 aliphatic heterocycles. The number of rotatable bonds is 46. The zero-order valence-corrected chi connectivity index (χ0v) is 42.6. The lowest BCUT2D eigenvalue weighted by Gasteiger charge is -2.18. The van der Waals surface area contributed by atoms with Crippen molar-refractivity contribution in [3.63, 3.8) is 0 Å². The number of ketones is 1. The molecule has 63 heavy (non-hydrogen) atoms. The molecule has 0 unspecified atom stereocenters. The van der Waals surface area contributed by atoms with Gasteiger partial charge in [-0.25, -0.2) is 0 Å². The molecule has 2 aromatic rings. The normalized spacial score (nSPS) is 11.5. The minimum Gasteiger partial charge on any atom is -0.490 e. The Balaban J connectivity index is 1.78. The summed E-state index contributed by atoms with van der Waals surface area (Å²) in [4.78, 5) is 14.6. The van der Waals surface area contributed by atoms with Gasteiger partial charge in [-0.3, -0.25) is 4.79 Å². The average Bonchev–Trinajstić information content (AvgIpc) is 3.30. The highest BCUT2D eigenvalue weighted by Gasteiger charge is 2.16. The van der Waals surface area contributed by atoms with Crippen molar-refractivity contribution in [2.75, 3.05) is 25.6 Å². The molecule has 4 nitrogen and oxygen atoms in total. The third kappa shape index (κ3) is 31.2. The van der Waals surface area contributed by atoms with Gasteiger partial charge < -0.3 is 14.2 Å². The minimum atomic E-state index is 0.00447. The maximum atomic E-state index is 13.4. The van der Waals surface area contributed by atoms with Gasteiger partial charge in [-0.15, -0.1) is 11.8 Å². The Kier molecular flexibility index (Phi) is 38.0. The standard InChI is InChI=1S/C58H98O4S/c1-5-9-13-17-18-19-20-21-22-23-24-25-26-27-28-29-30-31-35-39-49-63-54-43-41-53(42-44-54)55(59)45-40-52-50-56(60-46-36-32-14-10-6-2)58(62-48-38-34-16-12-8-4)57(51-52)61-47-37-33-15-11-7-3/h40-45,50-51H,5-39,46-49H2,1-4H3/b45-40+. The molecule has 0 amide bonds. The number of carbonyl (C=O) groups is 1. The van der Waals surface area contributed by atoms with Crippen LogP contribution in [0.3, 0.4) is 0 Å². The predicted molar refractivity (Wildman–Crippen MR) is 278 cm³/mol. The summed E-state index contributed by atoms with van der Waals surface area (Å²) in [6.07, 6.45) is 49.6. The maximum absolute atomic E-state index is 13.4. The highest BCUT2D eigenvalue weighted by Crippen LogP contribution is 2.40. The molecule has 0 atom stereocenters. The fourth-order valence-electron chi connectivity index (χ4n) is 8.24. The molecule has 0 heterocycles. The van der Waals surface area contributed by atoms with Crippen LogP contribution in [0, 0.1) is 0 Å². The Labute approximate surface area is 394 Å². The van der Waals surface area contributed by atoms with E-state index in [4.69, 9.17) is 14.2 Å². The summed E-state index contributed by atoms with van der Waals surface area (Å²) in [5.41, 5.74) is 1.60. The predicted octanol–water partition coefficient (Wildman–Crippen LogP) is 19.5. The molecule has 0 radical (unpaired) electrons. The van der Waals surface area contributed by atoms with Gasteiger partial charge in [0.15, 0.2) is 17.3 Å². The van der Waals surface area contributed by atoms with Crippen molar-refractivity contribution in [2.45, 2.75) is 257 Å². The van der Waals surface area contributed by atoms with Crippen LogP contribution in [0.2, 0.25) is 0 Å². The van der Waals surface area contributed by atoms with Crippen molar-refractivity contribution in [1.29, 1.82) is 0 Å². The molecule has 0 saturated heterocycles. The number of carbonyl (C=O) groups excluding carboxylic acids is 1. The van der Waals surface area contributed by atoms with E-state index in [1.165, 1.54) is 191 Å². The topological polar surface area (TPSA) is 44.8 Å². The number of ether oxygens (including phenoxy) is 3. The molecular formula is C58H98O4S. The first-order valence-corrected chi connectivity index (χ1v) is 28.1. The van der Waals surface area contributed by atoms with Gasteiger partial charge in [-0.2, -0.15) is 0 Å². The largest absolute Gasteiger partial charge is 0.490 e. The van der Waals surface area contributed by atoms with E-state index >= 15 is 0 Å². The first-order chi connectivity index (χ1) is 31.1. The van der Waals surface area contributed by atoms with E-state index < -0.39 is 0 Å². The van der Waals surface area contributed by atoms with Crippen LogP contribution in [0.15, 0.2) is 47.4 Å². The molecule has 0 fully saturated rings. The van der Waals surface area contributed by atoms with Crippen LogP contribution in [0.4, 0.5) is 0 Å². The van der Waals surface area contributed by atoms with Crippen LogP contribution in [0.1, 0.15) is 268 Å². The smallest absolute Gasteiger partial charge is 0.203 e. The van der Waals surface area contributed by atoms with Crippen molar-refractivity contribution >= 4 is 23.6 Å². The number of hydrogen-bond donors (Lipinski definition) is 0. The van der Waals surface area contributed by atoms with Crippen LogP contribution in [0.5, 0.6) is 17.2 Å². The van der Waals surface area contributed by atoms with Crippen molar-refractivity contribution in [3.05, 3.63) is 53.6 Å². The summed E-state index contributed by atoms with van der Waals surface area (Å²) in [5.74, 6) is 3.29. The van der Waals surface area contributed by atoms with E-state index in [2.05, 4.69) is 39.8 Å². The molecule has 0 aromatic heterocycles. The Bertz CT molecular complexity index is 1320. The van der Waals surface area contributed by atoms with Gasteiger partial charge in [0.2, 0.25) is 5.75 Å². The van der Waals surface area contributed by atoms with Gasteiger partial charge in [-0.05, 0) is 79.5 Å². The number of allylic oxidation sites excluding steroid dienone is 1. The van der Waals surface area contributed by atoms with E-state index in [0.717, 1.165) is 61.3 Å². The average molecular weight is 891 g/mol. The summed E-state index contributed by atoms with van der Waals surface area (Å²) in [7, 11) is 0. The van der Waals surface area contributed by atoms with Gasteiger partial charge in [0.25, 0.3) is 0 Å². The monoisotopic (exact) mass is 891 g/mol. The van der Waals surface area contributed by atoms with Gasteiger partial charge in [0.05, 0.1) is 19.8 Å². The lowest BCUT2D eigenvalue weighted by Crippen LogP contribution is -2.07. The fourth-order valence-corrected chi connectivity index (χ4v) is 9.15. The summed E-state index contributed by atoms with van der Waals surface area (Å²) in [6.45, 7) is 11.0. The maximum Gasteiger partial charge on any atom is 0.203 e. The molecule has 2 rings (SSSR count). The number of thioether (sulfide) groups is 1. The molecule has 0 aliphatic carbocycles. The highest BCUT2D eigenvalue weighted by atomic mass is 32.2. The van der Waals surface area contributed by atoms with Crippen LogP contribution in [0.25, 0.3) is 6.08 Å². The van der Waals surface area contributed by atoms with Gasteiger partial charge >= 0.3 is 0 Å². The molecule has 0 spiro atoms. The third-order valence-corrected chi connectivity index (χ3v) is 13.5. The quantitative estimate of drug-likeness (QED) is 0.0287. The second kappa shape index (κ2) is 42.2. The van der Waals surface area contributed by atoms with Crippen LogP contribution >= 0.6 is 11.8 Å². The Hall–Kier alpha value is -2.40. The zero-order chi connectivity index (χ0) is 45.1. The number of benzene rings is 2. The highest BCUT2D eigenvalue weighted by molar-refractivity contribution is 7.99. The van der Waals surface area contributed by atoms with Crippen molar-refractivity contribution in [1.82, 2.24) is 0 Å². The molecule has 0 saturated carbocycles. The van der Waals surface area contributed by atoms with E-state index in [1.807, 2.05) is 42.1 Å². The molecule has 0 aliphatic rings. The Morgan fingerprint density at radius 2 is 0.762 bits per heavy atom. The van der Waals surface area contributed by atoms with Crippen molar-refractivity contribution < 1.29 is 19.0 Å². The van der Waals surface area contributed by atoms with Crippen LogP contribution in [-0.4, -0.2) is 31.4 Å². The lowest BCUT2D eigenvalue weighted by atomic mass is 10.0. The molecule has 2 aromatic carbocycles. The fraction of sp³-hybridized carbons (Fsp3) is 0.741. The minimum absolute atomic E-state index is 0.00447. The lowest BCUT2D eigenvalue weighted by molar-refractivity contribution is 0.104. The van der Waals surface area contributed by atoms with Crippen LogP contribution in [-0.2, 0) is 0 Å². The van der Waals surface area contributed by atoms with E-state index in [9.17, 15) is 4.79 Å². The molecular weight excluding hydrogens is 793 g/mol. The van der Waals surface area contributed by atoms with Crippen molar-refractivity contribution in [2.24, 2.45) is 0 Å². The van der Waals surface area contributed by atoms with E-state index in [0.29, 0.717) is 31.1 Å². The number of unbranched alkanes of at least 4 members (excludes halogenated alkanes) is 31. The summed E-state index contributed by atoms with van der Waals surface area (Å²) < 4.78 is 19.3. The number of hydrogen-bond acceptors (Lipinski definition) is 5. The second-order valence-corrected chi connectivity index (χ2v) is 19.6. The summed E-state index contributed by atoms with van der Waals surface area (Å²) in [6, 6.07) is 12.2. The first kappa shape index (κ1) is 56.7. The SMILES string of the molecule is CCCCCCCCCCCCCCCCCCCCCCSc1ccc(C(=O)/C=C/c2cc(OCCCCCCC)c(OCCCCCCC)c(OCCCCCCC)c2)cc1. The van der Waals surface area contributed by atoms with Gasteiger partial charge in [-0.1, -0.05) is 233 Å². The molecule has 360 valence electrons. The molecule has 0 bridgehead atoms. The summed E-state index contributed by atoms with van der Waals surface area (Å²) >= 11 is 1.91. The van der Waals surface area contributed by atoms with Gasteiger partial charge in [0, 0.05) is 10.5 Å². The van der Waals surface area contributed by atoms with Crippen LogP contribution < -0.4 is 14.2 Å². The molecule has 0 N–H and O–H groups in total. The third-order valence-electron chi connectivity index (χ3n) is 12.4. The summed E-state index contributed by atoms with van der Waals surface area (Å²) in [5, 5.41) is 0. The van der Waals surface area contributed by atoms with E-state index in [-0.39, 0.29) is 5.78 Å². The Morgan fingerprint density at radius 1 is 0.429 bits per heavy atom. The second-order valence-electron chi connectivity index (χ2n) is 18.4. The Morgan fingerprint density at radius 3 is 1.14 bits per heavy atom. The first-order valence-electron chi connectivity index (χ1n) is 27.1.